The van der Waals surface area contributed by atoms with Gasteiger partial charge >= 0.3 is 6.09 Å². The number of allylic oxidation sites excluding steroid dienone is 3. The van der Waals surface area contributed by atoms with Crippen molar-refractivity contribution < 1.29 is 9.53 Å². The molecule has 4 rings (SSSR count). The molecule has 2 aromatic carbocycles. The number of hydrogen-bond acceptors (Lipinski definition) is 2. The Hall–Kier alpha value is -2.81. The molecule has 0 heterocycles. The Bertz CT molecular complexity index is 1070. The van der Waals surface area contributed by atoms with Gasteiger partial charge in [-0.05, 0) is 71.7 Å². The minimum Gasteiger partial charge on any atom is -0.411 e. The fourth-order valence-electron chi connectivity index (χ4n) is 3.39. The summed E-state index contributed by atoms with van der Waals surface area (Å²) >= 11 is 0. The van der Waals surface area contributed by atoms with E-state index in [1.54, 1.807) is 0 Å². The third kappa shape index (κ3) is 2.98. The van der Waals surface area contributed by atoms with Gasteiger partial charge in [0.2, 0.25) is 0 Å². The van der Waals surface area contributed by atoms with E-state index in [4.69, 9.17) is 4.74 Å². The molecule has 3 heteroatoms. The van der Waals surface area contributed by atoms with Crippen LogP contribution in [0.2, 0.25) is 0 Å². The standard InChI is InChI=1S/C22H21NO2/c1-22(2,3)23-21(24)25-16-9-12-18-15(13-16)8-11-19-17-6-4-5-14(17)7-10-20(18)19/h4-11,13H,12H2,1-3H3,(H,23,24). The normalized spacial score (nSPS) is 14.9. The van der Waals surface area contributed by atoms with E-state index in [2.05, 4.69) is 47.8 Å². The molecular weight excluding hydrogens is 310 g/mol. The van der Waals surface area contributed by atoms with Gasteiger partial charge < -0.3 is 10.1 Å². The Morgan fingerprint density at radius 3 is 2.64 bits per heavy atom. The summed E-state index contributed by atoms with van der Waals surface area (Å²) in [4.78, 5) is 12.0. The van der Waals surface area contributed by atoms with E-state index in [1.165, 1.54) is 27.1 Å². The van der Waals surface area contributed by atoms with Gasteiger partial charge in [0.05, 0.1) is 0 Å². The van der Waals surface area contributed by atoms with Crippen molar-refractivity contribution in [2.24, 2.45) is 0 Å². The predicted molar refractivity (Wildman–Crippen MR) is 102 cm³/mol. The van der Waals surface area contributed by atoms with Crippen LogP contribution in [0.15, 0.2) is 42.2 Å². The summed E-state index contributed by atoms with van der Waals surface area (Å²) in [5.74, 6) is 0.600. The number of rotatable bonds is 1. The monoisotopic (exact) mass is 331 g/mol. The molecule has 0 atom stereocenters. The van der Waals surface area contributed by atoms with Crippen LogP contribution < -0.4 is 15.8 Å². The van der Waals surface area contributed by atoms with Crippen LogP contribution in [-0.4, -0.2) is 11.6 Å². The quantitative estimate of drug-likeness (QED) is 0.870. The van der Waals surface area contributed by atoms with Crippen molar-refractivity contribution in [1.82, 2.24) is 5.32 Å². The Morgan fingerprint density at radius 1 is 1.08 bits per heavy atom. The van der Waals surface area contributed by atoms with Crippen molar-refractivity contribution >= 4 is 35.1 Å². The van der Waals surface area contributed by atoms with E-state index in [0.717, 1.165) is 11.6 Å². The molecule has 0 unspecified atom stereocenters. The van der Waals surface area contributed by atoms with E-state index in [9.17, 15) is 4.79 Å². The number of carbonyl (C=O) groups is 1. The van der Waals surface area contributed by atoms with E-state index in [-0.39, 0.29) is 5.54 Å². The average Bonchev–Trinajstić information content (AvgIpc) is 3.01. The topological polar surface area (TPSA) is 38.3 Å². The molecule has 1 amide bonds. The molecule has 0 saturated heterocycles. The highest BCUT2D eigenvalue weighted by Gasteiger charge is 2.17. The van der Waals surface area contributed by atoms with Crippen LogP contribution in [0.4, 0.5) is 4.79 Å². The fourth-order valence-corrected chi connectivity index (χ4v) is 3.39. The first-order valence-corrected chi connectivity index (χ1v) is 8.56. The van der Waals surface area contributed by atoms with Crippen molar-refractivity contribution in [2.45, 2.75) is 32.7 Å². The van der Waals surface area contributed by atoms with Crippen LogP contribution in [0, 0.1) is 0 Å². The minimum absolute atomic E-state index is 0.314. The number of alkyl carbamates (subject to hydrolysis) is 1. The largest absolute Gasteiger partial charge is 0.412 e. The van der Waals surface area contributed by atoms with E-state index >= 15 is 0 Å². The fraction of sp³-hybridized carbons (Fsp3) is 0.227. The number of hydrogen-bond donors (Lipinski definition) is 1. The summed E-state index contributed by atoms with van der Waals surface area (Å²) in [5, 5.41) is 7.74. The third-order valence-corrected chi connectivity index (χ3v) is 4.46. The summed E-state index contributed by atoms with van der Waals surface area (Å²) < 4.78 is 5.45. The zero-order chi connectivity index (χ0) is 17.6. The molecule has 0 aromatic heterocycles. The summed E-state index contributed by atoms with van der Waals surface area (Å²) in [5.41, 5.74) is 2.26. The first-order valence-electron chi connectivity index (χ1n) is 8.56. The summed E-state index contributed by atoms with van der Waals surface area (Å²) in [7, 11) is 0. The Labute approximate surface area is 147 Å². The smallest absolute Gasteiger partial charge is 0.411 e. The molecule has 0 radical (unpaired) electrons. The second-order valence-electron chi connectivity index (χ2n) is 7.54. The van der Waals surface area contributed by atoms with Crippen LogP contribution in [0.1, 0.15) is 31.9 Å². The second-order valence-corrected chi connectivity index (χ2v) is 7.54. The highest BCUT2D eigenvalue weighted by Crippen LogP contribution is 2.23. The molecule has 2 aliphatic carbocycles. The third-order valence-electron chi connectivity index (χ3n) is 4.46. The summed E-state index contributed by atoms with van der Waals surface area (Å²) in [6, 6.07) is 8.63. The van der Waals surface area contributed by atoms with Crippen LogP contribution >= 0.6 is 0 Å². The van der Waals surface area contributed by atoms with Crippen molar-refractivity contribution in [3.05, 3.63) is 63.7 Å². The van der Waals surface area contributed by atoms with Crippen molar-refractivity contribution in [3.63, 3.8) is 0 Å². The maximum atomic E-state index is 12.0. The lowest BCUT2D eigenvalue weighted by Gasteiger charge is -2.20. The molecule has 3 nitrogen and oxygen atoms in total. The van der Waals surface area contributed by atoms with Crippen LogP contribution in [0.5, 0.6) is 0 Å². The van der Waals surface area contributed by atoms with Crippen LogP contribution in [0.25, 0.3) is 29.0 Å². The molecule has 25 heavy (non-hydrogen) atoms. The van der Waals surface area contributed by atoms with Gasteiger partial charge in [0, 0.05) is 5.54 Å². The van der Waals surface area contributed by atoms with Gasteiger partial charge in [0.1, 0.15) is 5.76 Å². The van der Waals surface area contributed by atoms with E-state index < -0.39 is 6.09 Å². The lowest BCUT2D eigenvalue weighted by atomic mass is 9.94. The number of nitrogens with one attached hydrogen (secondary N) is 1. The highest BCUT2D eigenvalue weighted by atomic mass is 16.6. The Kier molecular flexibility index (Phi) is 3.53. The lowest BCUT2D eigenvalue weighted by Crippen LogP contribution is -2.40. The van der Waals surface area contributed by atoms with Crippen molar-refractivity contribution in [2.75, 3.05) is 0 Å². The van der Waals surface area contributed by atoms with Gasteiger partial charge in [-0.15, -0.1) is 0 Å². The van der Waals surface area contributed by atoms with Gasteiger partial charge in [-0.25, -0.2) is 4.79 Å². The number of amides is 1. The molecule has 0 fully saturated rings. The number of carbonyl (C=O) groups excluding carboxylic acids is 1. The number of ether oxygens (including phenoxy) is 1. The molecule has 1 N–H and O–H groups in total. The molecule has 2 aromatic rings. The van der Waals surface area contributed by atoms with Gasteiger partial charge in [-0.2, -0.15) is 0 Å². The maximum Gasteiger partial charge on any atom is 0.412 e. The molecular formula is C22H21NO2. The Balaban J connectivity index is 1.69. The van der Waals surface area contributed by atoms with Gasteiger partial charge in [0.25, 0.3) is 0 Å². The zero-order valence-corrected chi connectivity index (χ0v) is 14.7. The van der Waals surface area contributed by atoms with Gasteiger partial charge in [-0.1, -0.05) is 42.5 Å². The van der Waals surface area contributed by atoms with Crippen molar-refractivity contribution in [3.8, 4) is 0 Å². The van der Waals surface area contributed by atoms with Gasteiger partial charge in [0.15, 0.2) is 0 Å². The van der Waals surface area contributed by atoms with Crippen molar-refractivity contribution in [1.29, 1.82) is 0 Å². The summed E-state index contributed by atoms with van der Waals surface area (Å²) in [6.07, 6.45) is 10.6. The Morgan fingerprint density at radius 2 is 1.84 bits per heavy atom. The maximum absolute atomic E-state index is 12.0. The lowest BCUT2D eigenvalue weighted by molar-refractivity contribution is 0.170. The molecule has 2 aliphatic rings. The first kappa shape index (κ1) is 15.7. The molecule has 0 spiro atoms. The first-order chi connectivity index (χ1) is 11.9. The average molecular weight is 331 g/mol. The van der Waals surface area contributed by atoms with Crippen LogP contribution in [-0.2, 0) is 11.2 Å². The SMILES string of the molecule is CC(C)(C)NC(=O)OC1=CCc2c(ccc3c4c(ccc23)=CC=C4)=C1. The predicted octanol–water partition coefficient (Wildman–Crippen LogP) is 3.39. The number of benzene rings is 2. The summed E-state index contributed by atoms with van der Waals surface area (Å²) in [6.45, 7) is 5.79. The highest BCUT2D eigenvalue weighted by molar-refractivity contribution is 5.96. The minimum atomic E-state index is -0.419. The zero-order valence-electron chi connectivity index (χ0n) is 14.7. The van der Waals surface area contributed by atoms with Gasteiger partial charge in [-0.3, -0.25) is 0 Å². The molecule has 0 bridgehead atoms. The van der Waals surface area contributed by atoms with Crippen LogP contribution in [0.3, 0.4) is 0 Å². The number of fused-ring (bicyclic) bond motifs is 5. The molecule has 0 saturated carbocycles. The second kappa shape index (κ2) is 5.62. The van der Waals surface area contributed by atoms with E-state index in [0.29, 0.717) is 5.76 Å². The molecule has 126 valence electrons. The van der Waals surface area contributed by atoms with E-state index in [1.807, 2.05) is 32.9 Å². The molecule has 0 aliphatic heterocycles.